The standard InChI is InChI=1S/C18H19NTe/c1-14-8-10-15(11-9-14)16-6-2-3-7-17(16)18(20)19-12-4-5-13-19/h2-3,6-11H,4-5,12-13H2,1H3. The third-order valence-corrected chi connectivity index (χ3v) is 5.28. The van der Waals surface area contributed by atoms with Crippen LogP contribution in [0.4, 0.5) is 0 Å². The first-order valence-corrected chi connectivity index (χ1v) is 8.37. The van der Waals surface area contributed by atoms with Crippen molar-refractivity contribution in [1.82, 2.24) is 4.90 Å². The molecule has 0 aliphatic carbocycles. The predicted molar refractivity (Wildman–Crippen MR) is 87.3 cm³/mol. The van der Waals surface area contributed by atoms with E-state index >= 15 is 0 Å². The maximum atomic E-state index is 2.53. The van der Waals surface area contributed by atoms with Gasteiger partial charge in [0.1, 0.15) is 0 Å². The fourth-order valence-electron chi connectivity index (χ4n) is 2.75. The fourth-order valence-corrected chi connectivity index (χ4v) is 3.77. The van der Waals surface area contributed by atoms with Crippen LogP contribution in [0.25, 0.3) is 11.1 Å². The van der Waals surface area contributed by atoms with Crippen LogP contribution in [-0.2, 0) is 0 Å². The summed E-state index contributed by atoms with van der Waals surface area (Å²) in [5.74, 6) is 0. The van der Waals surface area contributed by atoms with Gasteiger partial charge in [0.05, 0.1) is 0 Å². The molecule has 2 aromatic rings. The summed E-state index contributed by atoms with van der Waals surface area (Å²) in [5.41, 5.74) is 5.35. The van der Waals surface area contributed by atoms with Gasteiger partial charge in [0.25, 0.3) is 0 Å². The van der Waals surface area contributed by atoms with Crippen molar-refractivity contribution in [3.05, 3.63) is 59.7 Å². The SMILES string of the molecule is Cc1ccc(-c2ccccc2C(=[Te])N2CCCC2)cc1. The zero-order valence-electron chi connectivity index (χ0n) is 11.8. The minimum absolute atomic E-state index is 1.20. The van der Waals surface area contributed by atoms with E-state index in [-0.39, 0.29) is 0 Å². The molecule has 0 saturated carbocycles. The van der Waals surface area contributed by atoms with Crippen molar-refractivity contribution in [2.75, 3.05) is 13.1 Å². The Bertz CT molecular complexity index is 610. The van der Waals surface area contributed by atoms with Gasteiger partial charge in [-0.2, -0.15) is 0 Å². The molecular weight excluding hydrogens is 358 g/mol. The first-order valence-electron chi connectivity index (χ1n) is 7.21. The molecule has 20 heavy (non-hydrogen) atoms. The summed E-state index contributed by atoms with van der Waals surface area (Å²) in [5, 5.41) is 0. The average Bonchev–Trinajstić information content (AvgIpc) is 3.02. The second-order valence-electron chi connectivity index (χ2n) is 5.41. The first kappa shape index (κ1) is 13.9. The van der Waals surface area contributed by atoms with Crippen LogP contribution in [0.1, 0.15) is 24.0 Å². The molecule has 0 amide bonds. The normalized spacial score (nSPS) is 14.6. The van der Waals surface area contributed by atoms with Crippen molar-refractivity contribution < 1.29 is 0 Å². The van der Waals surface area contributed by atoms with Crippen molar-refractivity contribution in [3.8, 4) is 11.1 Å². The van der Waals surface area contributed by atoms with Gasteiger partial charge in [-0.3, -0.25) is 0 Å². The number of hydrogen-bond donors (Lipinski definition) is 0. The summed E-state index contributed by atoms with van der Waals surface area (Å²) >= 11 is 2.18. The Balaban J connectivity index is 1.99. The van der Waals surface area contributed by atoms with Crippen LogP contribution in [0, 0.1) is 6.92 Å². The Morgan fingerprint density at radius 2 is 1.60 bits per heavy atom. The first-order chi connectivity index (χ1) is 9.75. The van der Waals surface area contributed by atoms with Crippen LogP contribution >= 0.6 is 0 Å². The van der Waals surface area contributed by atoms with E-state index in [0.717, 1.165) is 0 Å². The monoisotopic (exact) mass is 379 g/mol. The van der Waals surface area contributed by atoms with Gasteiger partial charge in [0.15, 0.2) is 0 Å². The summed E-state index contributed by atoms with van der Waals surface area (Å²) < 4.78 is 1.43. The van der Waals surface area contributed by atoms with E-state index in [1.165, 1.54) is 51.9 Å². The van der Waals surface area contributed by atoms with E-state index in [9.17, 15) is 0 Å². The van der Waals surface area contributed by atoms with Gasteiger partial charge in [0.2, 0.25) is 0 Å². The molecule has 0 aromatic heterocycles. The molecule has 0 radical (unpaired) electrons. The molecule has 1 aliphatic heterocycles. The van der Waals surface area contributed by atoms with Crippen LogP contribution < -0.4 is 0 Å². The third kappa shape index (κ3) is 2.82. The molecular formula is C18H19NTe. The minimum atomic E-state index is 1.20. The third-order valence-electron chi connectivity index (χ3n) is 3.91. The second-order valence-corrected chi connectivity index (χ2v) is 6.51. The molecule has 3 rings (SSSR count). The Labute approximate surface area is 134 Å². The van der Waals surface area contributed by atoms with Crippen molar-refractivity contribution >= 4 is 25.5 Å². The molecule has 0 spiro atoms. The summed E-state index contributed by atoms with van der Waals surface area (Å²) in [7, 11) is 0. The van der Waals surface area contributed by atoms with Crippen LogP contribution in [0.5, 0.6) is 0 Å². The van der Waals surface area contributed by atoms with E-state index in [4.69, 9.17) is 0 Å². The van der Waals surface area contributed by atoms with Crippen LogP contribution in [0.2, 0.25) is 0 Å². The van der Waals surface area contributed by atoms with Gasteiger partial charge in [-0.15, -0.1) is 0 Å². The van der Waals surface area contributed by atoms with E-state index in [0.29, 0.717) is 0 Å². The summed E-state index contributed by atoms with van der Waals surface area (Å²) in [6, 6.07) is 17.6. The summed E-state index contributed by atoms with van der Waals surface area (Å²) in [6.07, 6.45) is 2.65. The van der Waals surface area contributed by atoms with Crippen LogP contribution in [0.15, 0.2) is 48.5 Å². The number of benzene rings is 2. The molecule has 1 fully saturated rings. The molecule has 0 atom stereocenters. The Kier molecular flexibility index (Phi) is 4.24. The number of nitrogens with zero attached hydrogens (tertiary/aromatic N) is 1. The molecule has 1 aliphatic rings. The van der Waals surface area contributed by atoms with Gasteiger partial charge in [0, 0.05) is 0 Å². The number of aryl methyl sites for hydroxylation is 1. The number of hydrogen-bond acceptors (Lipinski definition) is 1. The van der Waals surface area contributed by atoms with Gasteiger partial charge < -0.3 is 0 Å². The van der Waals surface area contributed by atoms with Crippen molar-refractivity contribution in [2.45, 2.75) is 19.8 Å². The van der Waals surface area contributed by atoms with Gasteiger partial charge in [-0.25, -0.2) is 0 Å². The quantitative estimate of drug-likeness (QED) is 0.742. The van der Waals surface area contributed by atoms with Crippen molar-refractivity contribution in [3.63, 3.8) is 0 Å². The second kappa shape index (κ2) is 6.12. The van der Waals surface area contributed by atoms with Gasteiger partial charge >= 0.3 is 134 Å². The maximum absolute atomic E-state index is 2.53. The molecule has 1 nitrogen and oxygen atoms in total. The Hall–Kier alpha value is -1.10. The Morgan fingerprint density at radius 3 is 2.30 bits per heavy atom. The van der Waals surface area contributed by atoms with Crippen molar-refractivity contribution in [2.24, 2.45) is 0 Å². The van der Waals surface area contributed by atoms with Gasteiger partial charge in [-0.1, -0.05) is 0 Å². The molecule has 0 unspecified atom stereocenters. The summed E-state index contributed by atoms with van der Waals surface area (Å²) in [6.45, 7) is 4.55. The van der Waals surface area contributed by atoms with E-state index in [1.807, 2.05) is 0 Å². The molecule has 1 heterocycles. The fraction of sp³-hybridized carbons (Fsp3) is 0.278. The average molecular weight is 377 g/mol. The predicted octanol–water partition coefficient (Wildman–Crippen LogP) is 3.40. The van der Waals surface area contributed by atoms with Crippen LogP contribution in [-0.4, -0.2) is 43.5 Å². The van der Waals surface area contributed by atoms with E-state index in [2.05, 4.69) is 82.2 Å². The number of likely N-dealkylation sites (tertiary alicyclic amines) is 1. The van der Waals surface area contributed by atoms with E-state index in [1.54, 1.807) is 0 Å². The zero-order valence-corrected chi connectivity index (χ0v) is 14.1. The molecule has 0 N–H and O–H groups in total. The Morgan fingerprint density at radius 1 is 0.950 bits per heavy atom. The summed E-state index contributed by atoms with van der Waals surface area (Å²) in [4.78, 5) is 2.53. The molecule has 102 valence electrons. The molecule has 2 heteroatoms. The van der Waals surface area contributed by atoms with Gasteiger partial charge in [-0.05, 0) is 0 Å². The molecule has 1 saturated heterocycles. The van der Waals surface area contributed by atoms with Crippen LogP contribution in [0.3, 0.4) is 0 Å². The topological polar surface area (TPSA) is 3.24 Å². The molecule has 2 aromatic carbocycles. The van der Waals surface area contributed by atoms with Crippen molar-refractivity contribution in [1.29, 1.82) is 0 Å². The zero-order chi connectivity index (χ0) is 13.9. The molecule has 0 bridgehead atoms. The number of rotatable bonds is 3. The van der Waals surface area contributed by atoms with E-state index < -0.39 is 0 Å².